The Balaban J connectivity index is 3.23. The molecule has 1 aromatic rings. The average Bonchev–Trinajstić information content (AvgIpc) is 3.09. The molecule has 0 aliphatic heterocycles. The van der Waals surface area contributed by atoms with E-state index in [1.807, 2.05) is 0 Å². The third-order valence-corrected chi connectivity index (χ3v) is 23.2. The number of aromatic nitrogens is 2. The van der Waals surface area contributed by atoms with Crippen molar-refractivity contribution in [1.29, 1.82) is 0 Å². The number of ether oxygens (including phenoxy) is 1. The van der Waals surface area contributed by atoms with Gasteiger partial charge in [0.05, 0.1) is 0 Å². The van der Waals surface area contributed by atoms with E-state index in [1.165, 1.54) is 57.9 Å². The summed E-state index contributed by atoms with van der Waals surface area (Å²) < 4.78 is 14.8. The fraction of sp³-hybridized carbons (Fsp3) is 0.870. The van der Waals surface area contributed by atoms with Gasteiger partial charge in [0.15, 0.2) is 0 Å². The molecule has 29 heavy (non-hydrogen) atoms. The number of rotatable bonds is 16. The molecule has 0 amide bonds. The Morgan fingerprint density at radius 3 is 1.90 bits per heavy atom. The zero-order valence-electron chi connectivity index (χ0n) is 20.8. The molecule has 1 aromatic heterocycles. The van der Waals surface area contributed by atoms with Crippen LogP contribution in [0.5, 0.6) is 0 Å². The van der Waals surface area contributed by atoms with E-state index in [-0.39, 0.29) is 0 Å². The normalized spacial score (nSPS) is 12.6. The summed E-state index contributed by atoms with van der Waals surface area (Å²) in [5.74, 6) is 1.08. The first-order chi connectivity index (χ1) is 13.7. The molecule has 0 unspecified atom stereocenters. The van der Waals surface area contributed by atoms with Crippen LogP contribution in [0.25, 0.3) is 0 Å². The number of unbranched alkanes of at least 4 members (excludes halogenated alkanes) is 3. The van der Waals surface area contributed by atoms with Gasteiger partial charge in [-0.05, 0) is 0 Å². The molecular weight excluding hydrogens is 481 g/mol. The van der Waals surface area contributed by atoms with E-state index >= 15 is 0 Å². The molecule has 0 radical (unpaired) electrons. The third kappa shape index (κ3) is 8.94. The predicted molar refractivity (Wildman–Crippen MR) is 135 cm³/mol. The zero-order valence-corrected chi connectivity index (χ0v) is 24.7. The minimum atomic E-state index is -2.53. The van der Waals surface area contributed by atoms with Crippen LogP contribution in [0.4, 0.5) is 5.95 Å². The van der Waals surface area contributed by atoms with Crippen molar-refractivity contribution in [2.75, 3.05) is 25.6 Å². The molecule has 0 bridgehead atoms. The molecule has 1 rings (SSSR count). The van der Waals surface area contributed by atoms with Gasteiger partial charge in [0.1, 0.15) is 0 Å². The van der Waals surface area contributed by atoms with Crippen molar-refractivity contribution in [1.82, 2.24) is 9.55 Å². The summed E-state index contributed by atoms with van der Waals surface area (Å²) in [7, 11) is 3.17. The number of imidazole rings is 1. The Kier molecular flexibility index (Phi) is 12.5. The van der Waals surface area contributed by atoms with E-state index in [1.54, 1.807) is 3.71 Å². The Morgan fingerprint density at radius 1 is 0.966 bits per heavy atom. The first-order valence-electron chi connectivity index (χ1n) is 12.0. The van der Waals surface area contributed by atoms with Crippen molar-refractivity contribution < 1.29 is 4.74 Å². The summed E-state index contributed by atoms with van der Waals surface area (Å²) in [4.78, 5) is 7.07. The summed E-state index contributed by atoms with van der Waals surface area (Å²) in [5, 5.41) is 0. The van der Waals surface area contributed by atoms with Crippen LogP contribution in [0.1, 0.15) is 59.3 Å². The van der Waals surface area contributed by atoms with Crippen LogP contribution in [0.2, 0.25) is 39.0 Å². The van der Waals surface area contributed by atoms with Gasteiger partial charge < -0.3 is 0 Å². The van der Waals surface area contributed by atoms with E-state index < -0.39 is 26.5 Å². The van der Waals surface area contributed by atoms with Gasteiger partial charge in [-0.15, -0.1) is 0 Å². The quantitative estimate of drug-likeness (QED) is 0.185. The van der Waals surface area contributed by atoms with Crippen molar-refractivity contribution in [3.8, 4) is 0 Å². The first kappa shape index (κ1) is 27.0. The molecule has 170 valence electrons. The number of hydrogen-bond acceptors (Lipinski definition) is 3. The van der Waals surface area contributed by atoms with Gasteiger partial charge in [-0.3, -0.25) is 0 Å². The van der Waals surface area contributed by atoms with Crippen LogP contribution in [0.15, 0.2) is 6.20 Å². The SMILES string of the molecule is CCC[CH2][Sn]([CH2]CCC)([CH2]CCC)[c]1cnc(N(C)C)n1COCC[Si](C)(C)C. The van der Waals surface area contributed by atoms with E-state index in [4.69, 9.17) is 9.72 Å². The van der Waals surface area contributed by atoms with Crippen LogP contribution in [-0.2, 0) is 11.5 Å². The summed E-state index contributed by atoms with van der Waals surface area (Å²) in [5.41, 5.74) is 0. The van der Waals surface area contributed by atoms with Gasteiger partial charge in [-0.2, -0.15) is 0 Å². The molecule has 0 atom stereocenters. The summed E-state index contributed by atoms with van der Waals surface area (Å²) in [6.07, 6.45) is 10.3. The van der Waals surface area contributed by atoms with Gasteiger partial charge in [-0.1, -0.05) is 0 Å². The molecule has 0 spiro atoms. The molecule has 0 aliphatic rings. The standard InChI is InChI=1S/C11H22N3OSi.3C4H9.Sn/c1-13(2)11-12-6-7-14(11)10-15-8-9-16(3,4)5;3*1-3-4-2;/h6H,8-10H2,1-5H3;3*1,3-4H2,2H3;. The van der Waals surface area contributed by atoms with Crippen LogP contribution in [-0.4, -0.2) is 56.7 Å². The van der Waals surface area contributed by atoms with Crippen molar-refractivity contribution in [3.63, 3.8) is 0 Å². The van der Waals surface area contributed by atoms with Gasteiger partial charge in [0.25, 0.3) is 0 Å². The van der Waals surface area contributed by atoms with Gasteiger partial charge in [0, 0.05) is 0 Å². The fourth-order valence-electron chi connectivity index (χ4n) is 4.11. The monoisotopic (exact) mass is 531 g/mol. The molecule has 0 saturated heterocycles. The van der Waals surface area contributed by atoms with Crippen molar-refractivity contribution in [2.45, 2.75) is 105 Å². The van der Waals surface area contributed by atoms with Crippen molar-refractivity contribution >= 4 is 36.1 Å². The zero-order chi connectivity index (χ0) is 21.9. The summed E-state index contributed by atoms with van der Waals surface area (Å²) in [6.45, 7) is 15.9. The molecule has 0 saturated carbocycles. The average molecular weight is 530 g/mol. The predicted octanol–water partition coefficient (Wildman–Crippen LogP) is 6.32. The van der Waals surface area contributed by atoms with Crippen LogP contribution < -0.4 is 8.61 Å². The van der Waals surface area contributed by atoms with Crippen LogP contribution in [0, 0.1) is 0 Å². The molecule has 0 N–H and O–H groups in total. The maximum absolute atomic E-state index is 6.26. The molecule has 4 nitrogen and oxygen atoms in total. The Labute approximate surface area is 186 Å². The van der Waals surface area contributed by atoms with E-state index in [9.17, 15) is 0 Å². The topological polar surface area (TPSA) is 30.3 Å². The van der Waals surface area contributed by atoms with Crippen molar-refractivity contribution in [2.24, 2.45) is 0 Å². The number of anilines is 1. The van der Waals surface area contributed by atoms with E-state index in [0.29, 0.717) is 6.73 Å². The van der Waals surface area contributed by atoms with E-state index in [0.717, 1.165) is 12.6 Å². The molecule has 0 aliphatic carbocycles. The second kappa shape index (κ2) is 13.4. The Morgan fingerprint density at radius 2 is 1.48 bits per heavy atom. The molecule has 0 fully saturated rings. The summed E-state index contributed by atoms with van der Waals surface area (Å²) in [6, 6.07) is 1.23. The molecule has 1 heterocycles. The fourth-order valence-corrected chi connectivity index (χ4v) is 21.1. The molecule has 6 heteroatoms. The van der Waals surface area contributed by atoms with Gasteiger partial charge >= 0.3 is 187 Å². The second-order valence-corrected chi connectivity index (χ2v) is 28.9. The molecular formula is C23H49N3OSiSn. The van der Waals surface area contributed by atoms with Crippen molar-refractivity contribution in [3.05, 3.63) is 6.20 Å². The van der Waals surface area contributed by atoms with Crippen LogP contribution in [0.3, 0.4) is 0 Å². The Hall–Kier alpha value is -0.0144. The van der Waals surface area contributed by atoms with Gasteiger partial charge in [-0.25, -0.2) is 0 Å². The second-order valence-electron chi connectivity index (χ2n) is 10.2. The van der Waals surface area contributed by atoms with Gasteiger partial charge in [0.2, 0.25) is 0 Å². The Bertz CT molecular complexity index is 547. The first-order valence-corrected chi connectivity index (χ1v) is 23.2. The van der Waals surface area contributed by atoms with E-state index in [2.05, 4.69) is 70.2 Å². The third-order valence-electron chi connectivity index (χ3n) is 6.02. The number of hydrogen-bond donors (Lipinski definition) is 0. The maximum atomic E-state index is 6.26. The number of nitrogens with zero attached hydrogens (tertiary/aromatic N) is 3. The van der Waals surface area contributed by atoms with Crippen LogP contribution >= 0.6 is 0 Å². The summed E-state index contributed by atoms with van der Waals surface area (Å²) >= 11 is -2.53. The minimum absolute atomic E-state index is 0.677. The molecule has 0 aromatic carbocycles.